The first-order valence-electron chi connectivity index (χ1n) is 9.46. The largest absolute Gasteiger partial charge is 0.361 e. The molecule has 0 aliphatic carbocycles. The van der Waals surface area contributed by atoms with Crippen molar-refractivity contribution in [3.05, 3.63) is 65.5 Å². The highest BCUT2D eigenvalue weighted by Gasteiger charge is 2.41. The van der Waals surface area contributed by atoms with Gasteiger partial charge in [0.1, 0.15) is 5.82 Å². The fraction of sp³-hybridized carbons (Fsp3) is 0.435. The second-order valence-electron chi connectivity index (χ2n) is 7.99. The minimum absolute atomic E-state index is 0.206. The number of benzene rings is 2. The highest BCUT2D eigenvalue weighted by molar-refractivity contribution is 5.52. The van der Waals surface area contributed by atoms with Gasteiger partial charge in [-0.1, -0.05) is 39.8 Å². The van der Waals surface area contributed by atoms with Crippen LogP contribution in [0, 0.1) is 34.9 Å². The van der Waals surface area contributed by atoms with Gasteiger partial charge >= 0.3 is 0 Å². The first kappa shape index (κ1) is 18.5. The summed E-state index contributed by atoms with van der Waals surface area (Å²) in [6.45, 7) is 9.16. The molecule has 0 radical (unpaired) electrons. The molecule has 0 amide bonds. The molecule has 4 atom stereocenters. The Balaban J connectivity index is 2.10. The second-order valence-corrected chi connectivity index (χ2v) is 7.99. The zero-order chi connectivity index (χ0) is 18.8. The van der Waals surface area contributed by atoms with Gasteiger partial charge in [0.15, 0.2) is 0 Å². The molecule has 1 heterocycles. The maximum absolute atomic E-state index is 13.5. The van der Waals surface area contributed by atoms with E-state index in [1.165, 1.54) is 5.56 Å². The molecule has 1 aliphatic heterocycles. The predicted octanol–water partition coefficient (Wildman–Crippen LogP) is 5.95. The third-order valence-electron chi connectivity index (χ3n) is 5.68. The van der Waals surface area contributed by atoms with E-state index in [9.17, 15) is 4.39 Å². The van der Waals surface area contributed by atoms with E-state index in [0.29, 0.717) is 29.4 Å². The van der Waals surface area contributed by atoms with Gasteiger partial charge in [-0.25, -0.2) is 4.39 Å². The quantitative estimate of drug-likeness (QED) is 0.684. The summed E-state index contributed by atoms with van der Waals surface area (Å²) in [5.74, 6) is 1.31. The van der Waals surface area contributed by atoms with Crippen LogP contribution in [0.4, 0.5) is 10.1 Å². The lowest BCUT2D eigenvalue weighted by molar-refractivity contribution is 0.193. The molecule has 2 aromatic rings. The number of piperidine rings is 1. The predicted molar refractivity (Wildman–Crippen MR) is 104 cm³/mol. The molecule has 3 rings (SSSR count). The molecule has 26 heavy (non-hydrogen) atoms. The van der Waals surface area contributed by atoms with Crippen LogP contribution in [0.25, 0.3) is 0 Å². The lowest BCUT2D eigenvalue weighted by Gasteiger charge is -2.52. The van der Waals surface area contributed by atoms with Crippen molar-refractivity contribution in [3.8, 4) is 6.07 Å². The van der Waals surface area contributed by atoms with E-state index in [0.717, 1.165) is 12.1 Å². The SMILES string of the molecule is CC(C)[C@@H]1[C@H](C)C[C@H](C)[C@@H](c2ccc(C#N)cc2)N1c1ccc(F)cc1. The van der Waals surface area contributed by atoms with Gasteiger partial charge in [0.25, 0.3) is 0 Å². The number of nitrogens with zero attached hydrogens (tertiary/aromatic N) is 2. The minimum Gasteiger partial charge on any atom is -0.361 e. The Kier molecular flexibility index (Phi) is 5.32. The van der Waals surface area contributed by atoms with Crippen LogP contribution in [0.15, 0.2) is 48.5 Å². The molecular weight excluding hydrogens is 323 g/mol. The number of anilines is 1. The molecule has 2 nitrogen and oxygen atoms in total. The van der Waals surface area contributed by atoms with Crippen LogP contribution in [0.1, 0.15) is 51.3 Å². The topological polar surface area (TPSA) is 27.0 Å². The fourth-order valence-electron chi connectivity index (χ4n) is 4.76. The van der Waals surface area contributed by atoms with Crippen LogP contribution in [-0.4, -0.2) is 6.04 Å². The van der Waals surface area contributed by atoms with Gasteiger partial charge in [-0.3, -0.25) is 0 Å². The summed E-state index contributed by atoms with van der Waals surface area (Å²) >= 11 is 0. The molecule has 0 N–H and O–H groups in total. The van der Waals surface area contributed by atoms with Crippen molar-refractivity contribution in [1.82, 2.24) is 0 Å². The second kappa shape index (κ2) is 7.50. The van der Waals surface area contributed by atoms with Crippen LogP contribution in [0.3, 0.4) is 0 Å². The van der Waals surface area contributed by atoms with E-state index in [1.54, 1.807) is 12.1 Å². The molecule has 0 saturated carbocycles. The zero-order valence-corrected chi connectivity index (χ0v) is 16.0. The van der Waals surface area contributed by atoms with Crippen LogP contribution < -0.4 is 4.90 Å². The molecule has 2 aromatic carbocycles. The van der Waals surface area contributed by atoms with E-state index < -0.39 is 0 Å². The molecule has 3 heteroatoms. The maximum atomic E-state index is 13.5. The Morgan fingerprint density at radius 1 is 1.00 bits per heavy atom. The summed E-state index contributed by atoms with van der Waals surface area (Å²) in [5, 5.41) is 9.10. The average Bonchev–Trinajstić information content (AvgIpc) is 2.61. The van der Waals surface area contributed by atoms with Crippen molar-refractivity contribution in [2.24, 2.45) is 17.8 Å². The highest BCUT2D eigenvalue weighted by Crippen LogP contribution is 2.46. The van der Waals surface area contributed by atoms with E-state index in [4.69, 9.17) is 5.26 Å². The van der Waals surface area contributed by atoms with Gasteiger partial charge in [0.05, 0.1) is 17.7 Å². The van der Waals surface area contributed by atoms with Gasteiger partial charge in [-0.05, 0) is 66.1 Å². The molecule has 0 spiro atoms. The fourth-order valence-corrected chi connectivity index (χ4v) is 4.76. The van der Waals surface area contributed by atoms with Crippen molar-refractivity contribution in [3.63, 3.8) is 0 Å². The normalized spacial score (nSPS) is 26.0. The average molecular weight is 350 g/mol. The Morgan fingerprint density at radius 2 is 1.62 bits per heavy atom. The van der Waals surface area contributed by atoms with Crippen molar-refractivity contribution < 1.29 is 4.39 Å². The third-order valence-corrected chi connectivity index (χ3v) is 5.68. The Labute approximate surface area is 156 Å². The van der Waals surface area contributed by atoms with Crippen LogP contribution >= 0.6 is 0 Å². The molecule has 136 valence electrons. The standard InChI is InChI=1S/C23H27FN2/c1-15(2)22-16(3)13-17(4)23(19-7-5-18(14-25)6-8-19)26(22)21-11-9-20(24)10-12-21/h5-12,15-17,22-23H,13H2,1-4H3/t16-,17+,22-,23+/m1/s1. The van der Waals surface area contributed by atoms with Crippen molar-refractivity contribution in [2.45, 2.75) is 46.2 Å². The molecular formula is C23H27FN2. The lowest BCUT2D eigenvalue weighted by Crippen LogP contribution is -2.52. The van der Waals surface area contributed by atoms with Crippen LogP contribution in [0.2, 0.25) is 0 Å². The molecule has 1 aliphatic rings. The van der Waals surface area contributed by atoms with Crippen LogP contribution in [-0.2, 0) is 0 Å². The summed E-state index contributed by atoms with van der Waals surface area (Å²) in [6.07, 6.45) is 1.16. The molecule has 0 bridgehead atoms. The highest BCUT2D eigenvalue weighted by atomic mass is 19.1. The van der Waals surface area contributed by atoms with Gasteiger partial charge < -0.3 is 4.90 Å². The van der Waals surface area contributed by atoms with Gasteiger partial charge in [0.2, 0.25) is 0 Å². The maximum Gasteiger partial charge on any atom is 0.123 e. The number of nitriles is 1. The summed E-state index contributed by atoms with van der Waals surface area (Å²) in [4.78, 5) is 2.49. The number of hydrogen-bond acceptors (Lipinski definition) is 2. The van der Waals surface area contributed by atoms with E-state index in [-0.39, 0.29) is 11.9 Å². The third kappa shape index (κ3) is 3.46. The lowest BCUT2D eigenvalue weighted by atomic mass is 9.74. The summed E-state index contributed by atoms with van der Waals surface area (Å²) in [5.41, 5.74) is 2.97. The summed E-state index contributed by atoms with van der Waals surface area (Å²) in [7, 11) is 0. The van der Waals surface area contributed by atoms with E-state index in [1.807, 2.05) is 24.3 Å². The van der Waals surface area contributed by atoms with Crippen LogP contribution in [0.5, 0.6) is 0 Å². The number of rotatable bonds is 3. The first-order chi connectivity index (χ1) is 12.4. The molecule has 1 fully saturated rings. The molecule has 0 unspecified atom stereocenters. The van der Waals surface area contributed by atoms with Gasteiger partial charge in [-0.2, -0.15) is 5.26 Å². The zero-order valence-electron chi connectivity index (χ0n) is 16.0. The number of halogens is 1. The van der Waals surface area contributed by atoms with Crippen molar-refractivity contribution in [1.29, 1.82) is 5.26 Å². The van der Waals surface area contributed by atoms with Gasteiger partial charge in [0, 0.05) is 11.7 Å². The Bertz CT molecular complexity index is 773. The minimum atomic E-state index is -0.206. The Hall–Kier alpha value is -2.34. The monoisotopic (exact) mass is 350 g/mol. The van der Waals surface area contributed by atoms with Gasteiger partial charge in [-0.15, -0.1) is 0 Å². The molecule has 1 saturated heterocycles. The summed E-state index contributed by atoms with van der Waals surface area (Å²) < 4.78 is 13.5. The van der Waals surface area contributed by atoms with E-state index >= 15 is 0 Å². The smallest absolute Gasteiger partial charge is 0.123 e. The van der Waals surface area contributed by atoms with Crippen molar-refractivity contribution in [2.75, 3.05) is 4.90 Å². The van der Waals surface area contributed by atoms with Crippen molar-refractivity contribution >= 4 is 5.69 Å². The summed E-state index contributed by atoms with van der Waals surface area (Å²) in [6, 6.07) is 17.6. The molecule has 0 aromatic heterocycles. The number of hydrogen-bond donors (Lipinski definition) is 0. The Morgan fingerprint density at radius 3 is 2.15 bits per heavy atom. The first-order valence-corrected chi connectivity index (χ1v) is 9.46. The van der Waals surface area contributed by atoms with E-state index in [2.05, 4.69) is 50.8 Å².